The first-order chi connectivity index (χ1) is 11.2. The largest absolute Gasteiger partial charge is 0.335 e. The molecule has 138 valence electrons. The van der Waals surface area contributed by atoms with Gasteiger partial charge in [0.2, 0.25) is 0 Å². The van der Waals surface area contributed by atoms with Gasteiger partial charge in [0, 0.05) is 49.7 Å². The van der Waals surface area contributed by atoms with E-state index in [2.05, 4.69) is 16.0 Å². The highest BCUT2D eigenvalue weighted by Crippen LogP contribution is 2.16. The van der Waals surface area contributed by atoms with Crippen molar-refractivity contribution in [3.63, 3.8) is 0 Å². The molecule has 1 aliphatic heterocycles. The Labute approximate surface area is 169 Å². The zero-order chi connectivity index (χ0) is 16.2. The van der Waals surface area contributed by atoms with Gasteiger partial charge in [-0.15, -0.1) is 36.2 Å². The number of rotatable bonds is 4. The van der Waals surface area contributed by atoms with Crippen molar-refractivity contribution >= 4 is 53.7 Å². The molecule has 5 nitrogen and oxygen atoms in total. The van der Waals surface area contributed by atoms with Crippen molar-refractivity contribution in [1.29, 1.82) is 0 Å². The lowest BCUT2D eigenvalue weighted by atomic mass is 10.2. The molecule has 25 heavy (non-hydrogen) atoms. The molecule has 1 aromatic heterocycles. The number of thiazole rings is 1. The van der Waals surface area contributed by atoms with E-state index in [0.717, 1.165) is 42.8 Å². The number of benzene rings is 1. The van der Waals surface area contributed by atoms with Gasteiger partial charge in [-0.2, -0.15) is 0 Å². The van der Waals surface area contributed by atoms with Crippen molar-refractivity contribution in [1.82, 2.24) is 14.8 Å². The van der Waals surface area contributed by atoms with Gasteiger partial charge >= 0.3 is 0 Å². The molecule has 1 aromatic carbocycles. The summed E-state index contributed by atoms with van der Waals surface area (Å²) < 4.78 is 0. The van der Waals surface area contributed by atoms with Gasteiger partial charge in [-0.3, -0.25) is 9.69 Å². The molecule has 0 saturated carbocycles. The zero-order valence-electron chi connectivity index (χ0n) is 13.6. The normalized spacial score (nSPS) is 14.6. The van der Waals surface area contributed by atoms with E-state index in [1.54, 1.807) is 5.38 Å². The number of nitrogens with zero attached hydrogens (tertiary/aromatic N) is 3. The minimum Gasteiger partial charge on any atom is -0.335 e. The first-order valence-corrected chi connectivity index (χ1v) is 8.82. The van der Waals surface area contributed by atoms with Crippen molar-refractivity contribution in [2.45, 2.75) is 13.1 Å². The van der Waals surface area contributed by atoms with E-state index >= 15 is 0 Å². The Kier molecular flexibility index (Phi) is 9.13. The van der Waals surface area contributed by atoms with Crippen molar-refractivity contribution in [3.05, 3.63) is 50.9 Å². The Morgan fingerprint density at radius 3 is 2.56 bits per heavy atom. The topological polar surface area (TPSA) is 62.5 Å². The maximum atomic E-state index is 12.4. The Bertz CT molecular complexity index is 690. The standard InChI is InChI=1S/C16H19ClN4OS.2ClH/c17-13-3-1-2-12(8-13)10-20-4-6-21(7-5-20)16(22)14-11-23-15(9-18)19-14;;/h1-3,8,11H,4-7,9-10,18H2;2*1H. The van der Waals surface area contributed by atoms with Crippen LogP contribution in [0.4, 0.5) is 0 Å². The molecule has 2 aromatic rings. The molecule has 2 N–H and O–H groups in total. The molecule has 9 heteroatoms. The van der Waals surface area contributed by atoms with E-state index in [1.807, 2.05) is 23.1 Å². The van der Waals surface area contributed by atoms with Crippen LogP contribution in [0.15, 0.2) is 29.6 Å². The van der Waals surface area contributed by atoms with Gasteiger partial charge in [0.1, 0.15) is 10.7 Å². The molecule has 0 bridgehead atoms. The fraction of sp³-hybridized carbons (Fsp3) is 0.375. The Balaban J connectivity index is 0.00000156. The molecule has 0 radical (unpaired) electrons. The smallest absolute Gasteiger partial charge is 0.273 e. The minimum absolute atomic E-state index is 0. The van der Waals surface area contributed by atoms with Gasteiger partial charge in [0.15, 0.2) is 0 Å². The first kappa shape index (κ1) is 22.2. The number of piperazine rings is 1. The quantitative estimate of drug-likeness (QED) is 0.821. The molecule has 2 heterocycles. The third-order valence-corrected chi connectivity index (χ3v) is 5.01. The summed E-state index contributed by atoms with van der Waals surface area (Å²) in [5.74, 6) is 0.00311. The summed E-state index contributed by atoms with van der Waals surface area (Å²) in [4.78, 5) is 20.9. The van der Waals surface area contributed by atoms with Crippen LogP contribution >= 0.6 is 47.8 Å². The zero-order valence-corrected chi connectivity index (χ0v) is 16.8. The molecule has 0 spiro atoms. The van der Waals surface area contributed by atoms with Crippen molar-refractivity contribution in [2.75, 3.05) is 26.2 Å². The molecule has 1 amide bonds. The molecule has 1 saturated heterocycles. The van der Waals surface area contributed by atoms with Gasteiger partial charge in [-0.1, -0.05) is 23.7 Å². The number of halogens is 3. The third-order valence-electron chi connectivity index (χ3n) is 3.90. The van der Waals surface area contributed by atoms with Crippen LogP contribution in [0.25, 0.3) is 0 Å². The van der Waals surface area contributed by atoms with Crippen LogP contribution in [-0.2, 0) is 13.1 Å². The SMILES string of the molecule is Cl.Cl.NCc1nc(C(=O)N2CCN(Cc3cccc(Cl)c3)CC2)cs1. The van der Waals surface area contributed by atoms with E-state index in [4.69, 9.17) is 17.3 Å². The van der Waals surface area contributed by atoms with Gasteiger partial charge in [0.25, 0.3) is 5.91 Å². The molecule has 0 atom stereocenters. The Morgan fingerprint density at radius 2 is 1.96 bits per heavy atom. The van der Waals surface area contributed by atoms with Crippen LogP contribution in [0.5, 0.6) is 0 Å². The molecule has 1 fully saturated rings. The Morgan fingerprint density at radius 1 is 1.24 bits per heavy atom. The second-order valence-corrected chi connectivity index (χ2v) is 6.91. The van der Waals surface area contributed by atoms with Crippen LogP contribution in [-0.4, -0.2) is 46.9 Å². The number of carbonyl (C=O) groups is 1. The maximum absolute atomic E-state index is 12.4. The molecular weight excluding hydrogens is 403 g/mol. The summed E-state index contributed by atoms with van der Waals surface area (Å²) in [6.07, 6.45) is 0. The fourth-order valence-corrected chi connectivity index (χ4v) is 3.53. The monoisotopic (exact) mass is 422 g/mol. The summed E-state index contributed by atoms with van der Waals surface area (Å²) in [5, 5.41) is 3.35. The van der Waals surface area contributed by atoms with Crippen molar-refractivity contribution in [3.8, 4) is 0 Å². The Hall–Kier alpha value is -0.890. The summed E-state index contributed by atoms with van der Waals surface area (Å²) in [6, 6.07) is 7.91. The van der Waals surface area contributed by atoms with Crippen molar-refractivity contribution < 1.29 is 4.79 Å². The van der Waals surface area contributed by atoms with E-state index in [0.29, 0.717) is 12.2 Å². The van der Waals surface area contributed by atoms with Crippen LogP contribution in [0, 0.1) is 0 Å². The van der Waals surface area contributed by atoms with E-state index in [9.17, 15) is 4.79 Å². The lowest BCUT2D eigenvalue weighted by Gasteiger charge is -2.34. The van der Waals surface area contributed by atoms with Crippen LogP contribution < -0.4 is 5.73 Å². The predicted molar refractivity (Wildman–Crippen MR) is 107 cm³/mol. The lowest BCUT2D eigenvalue weighted by Crippen LogP contribution is -2.48. The highest BCUT2D eigenvalue weighted by molar-refractivity contribution is 7.09. The van der Waals surface area contributed by atoms with Crippen LogP contribution in [0.3, 0.4) is 0 Å². The van der Waals surface area contributed by atoms with Gasteiger partial charge < -0.3 is 10.6 Å². The maximum Gasteiger partial charge on any atom is 0.273 e. The molecule has 0 unspecified atom stereocenters. The second kappa shape index (κ2) is 10.3. The second-order valence-electron chi connectivity index (χ2n) is 5.53. The summed E-state index contributed by atoms with van der Waals surface area (Å²) >= 11 is 7.46. The van der Waals surface area contributed by atoms with Gasteiger partial charge in [-0.25, -0.2) is 4.98 Å². The fourth-order valence-electron chi connectivity index (χ4n) is 2.67. The number of carbonyl (C=O) groups excluding carboxylic acids is 1. The number of aromatic nitrogens is 1. The summed E-state index contributed by atoms with van der Waals surface area (Å²) in [6.45, 7) is 4.38. The van der Waals surface area contributed by atoms with Gasteiger partial charge in [-0.05, 0) is 17.7 Å². The lowest BCUT2D eigenvalue weighted by molar-refractivity contribution is 0.0623. The average molecular weight is 424 g/mol. The highest BCUT2D eigenvalue weighted by atomic mass is 35.5. The molecule has 1 aliphatic rings. The summed E-state index contributed by atoms with van der Waals surface area (Å²) in [5.41, 5.74) is 7.26. The first-order valence-electron chi connectivity index (χ1n) is 7.56. The highest BCUT2D eigenvalue weighted by Gasteiger charge is 2.23. The number of amides is 1. The molecule has 3 rings (SSSR count). The van der Waals surface area contributed by atoms with Gasteiger partial charge in [0.05, 0.1) is 0 Å². The van der Waals surface area contributed by atoms with Crippen LogP contribution in [0.2, 0.25) is 5.02 Å². The average Bonchev–Trinajstić information content (AvgIpc) is 3.04. The van der Waals surface area contributed by atoms with Crippen LogP contribution in [0.1, 0.15) is 21.1 Å². The van der Waals surface area contributed by atoms with E-state index in [-0.39, 0.29) is 30.7 Å². The number of hydrogen-bond donors (Lipinski definition) is 1. The van der Waals surface area contributed by atoms with E-state index < -0.39 is 0 Å². The predicted octanol–water partition coefficient (Wildman–Crippen LogP) is 3.06. The number of hydrogen-bond acceptors (Lipinski definition) is 5. The third kappa shape index (κ3) is 5.81. The summed E-state index contributed by atoms with van der Waals surface area (Å²) in [7, 11) is 0. The minimum atomic E-state index is 0. The molecular formula is C16H21Cl3N4OS. The number of nitrogens with two attached hydrogens (primary N) is 1. The van der Waals surface area contributed by atoms with E-state index in [1.165, 1.54) is 16.9 Å². The van der Waals surface area contributed by atoms with Crippen molar-refractivity contribution in [2.24, 2.45) is 5.73 Å². The molecule has 0 aliphatic carbocycles.